The summed E-state index contributed by atoms with van der Waals surface area (Å²) in [6.45, 7) is 1.75. The van der Waals surface area contributed by atoms with E-state index in [1.807, 2.05) is 0 Å². The molecule has 0 atom stereocenters. The van der Waals surface area contributed by atoms with E-state index in [1.165, 1.54) is 0 Å². The summed E-state index contributed by atoms with van der Waals surface area (Å²) < 4.78 is 51.7. The lowest BCUT2D eigenvalue weighted by Crippen LogP contribution is -2.21. The number of nitrogens with one attached hydrogen (secondary N) is 2. The topological polar surface area (TPSA) is 24.1 Å². The molecule has 2 aromatic carbocycles. The zero-order valence-corrected chi connectivity index (χ0v) is 13.3. The second kappa shape index (κ2) is 6.72. The number of halogens is 5. The SMILES string of the molecule is Cc1c(Cl)cccc1NC(=S)Nc1cc(C(F)(F)F)ccc1F. The molecule has 0 bridgehead atoms. The Morgan fingerprint density at radius 1 is 1.09 bits per heavy atom. The van der Waals surface area contributed by atoms with Crippen LogP contribution < -0.4 is 10.6 Å². The van der Waals surface area contributed by atoms with Crippen molar-refractivity contribution in [2.75, 3.05) is 10.6 Å². The first-order chi connectivity index (χ1) is 10.7. The average Bonchev–Trinajstić information content (AvgIpc) is 2.45. The minimum Gasteiger partial charge on any atom is -0.332 e. The van der Waals surface area contributed by atoms with Gasteiger partial charge in [-0.25, -0.2) is 4.39 Å². The van der Waals surface area contributed by atoms with E-state index in [4.69, 9.17) is 23.8 Å². The predicted octanol–water partition coefficient (Wildman–Crippen LogP) is 5.62. The van der Waals surface area contributed by atoms with Gasteiger partial charge >= 0.3 is 6.18 Å². The van der Waals surface area contributed by atoms with E-state index in [2.05, 4.69) is 10.6 Å². The van der Waals surface area contributed by atoms with Crippen molar-refractivity contribution in [3.63, 3.8) is 0 Å². The Hall–Kier alpha value is -1.86. The molecule has 0 aliphatic carbocycles. The van der Waals surface area contributed by atoms with Gasteiger partial charge in [0.25, 0.3) is 0 Å². The molecule has 0 amide bonds. The summed E-state index contributed by atoms with van der Waals surface area (Å²) in [5.74, 6) is -0.843. The second-order valence-corrected chi connectivity index (χ2v) is 5.50. The maximum atomic E-state index is 13.7. The molecule has 2 rings (SSSR count). The Labute approximate surface area is 140 Å². The third-order valence-electron chi connectivity index (χ3n) is 3.06. The van der Waals surface area contributed by atoms with Crippen molar-refractivity contribution in [2.45, 2.75) is 13.1 Å². The van der Waals surface area contributed by atoms with Crippen LogP contribution in [-0.2, 0) is 6.18 Å². The van der Waals surface area contributed by atoms with Gasteiger partial charge in [-0.05, 0) is 55.0 Å². The van der Waals surface area contributed by atoms with Gasteiger partial charge in [-0.15, -0.1) is 0 Å². The Kier molecular flexibility index (Phi) is 5.11. The minimum absolute atomic E-state index is 0.0476. The van der Waals surface area contributed by atoms with E-state index in [0.29, 0.717) is 28.4 Å². The van der Waals surface area contributed by atoms with Gasteiger partial charge in [-0.3, -0.25) is 0 Å². The Bertz CT molecular complexity index is 747. The maximum Gasteiger partial charge on any atom is 0.416 e. The highest BCUT2D eigenvalue weighted by molar-refractivity contribution is 7.80. The van der Waals surface area contributed by atoms with Crippen LogP contribution in [0.4, 0.5) is 28.9 Å². The standard InChI is InChI=1S/C15H11ClF4N2S/c1-8-10(16)3-2-4-12(8)21-14(23)22-13-7-9(15(18,19)20)5-6-11(13)17/h2-7H,1H3,(H2,21,22,23). The first-order valence-electron chi connectivity index (χ1n) is 6.38. The molecule has 2 aromatic rings. The van der Waals surface area contributed by atoms with Crippen LogP contribution in [0.1, 0.15) is 11.1 Å². The molecule has 0 saturated carbocycles. The highest BCUT2D eigenvalue weighted by atomic mass is 35.5. The van der Waals surface area contributed by atoms with Crippen LogP contribution in [0, 0.1) is 12.7 Å². The number of hydrogen-bond acceptors (Lipinski definition) is 1. The summed E-state index contributed by atoms with van der Waals surface area (Å²) in [5, 5.41) is 5.65. The summed E-state index contributed by atoms with van der Waals surface area (Å²) in [7, 11) is 0. The molecule has 0 fully saturated rings. The van der Waals surface area contributed by atoms with Crippen LogP contribution in [0.5, 0.6) is 0 Å². The molecule has 23 heavy (non-hydrogen) atoms. The fourth-order valence-electron chi connectivity index (χ4n) is 1.82. The molecule has 0 saturated heterocycles. The van der Waals surface area contributed by atoms with Gasteiger partial charge in [-0.1, -0.05) is 17.7 Å². The first kappa shape index (κ1) is 17.5. The molecular weight excluding hydrogens is 352 g/mol. The van der Waals surface area contributed by atoms with E-state index in [-0.39, 0.29) is 10.8 Å². The van der Waals surface area contributed by atoms with Crippen molar-refractivity contribution >= 4 is 40.3 Å². The van der Waals surface area contributed by atoms with Crippen molar-refractivity contribution in [3.05, 3.63) is 58.4 Å². The van der Waals surface area contributed by atoms with Gasteiger partial charge in [0.1, 0.15) is 5.82 Å². The molecule has 0 aliphatic heterocycles. The summed E-state index contributed by atoms with van der Waals surface area (Å²) >= 11 is 11.0. The van der Waals surface area contributed by atoms with Crippen molar-refractivity contribution in [3.8, 4) is 0 Å². The molecule has 2 N–H and O–H groups in total. The lowest BCUT2D eigenvalue weighted by Gasteiger charge is -2.15. The van der Waals surface area contributed by atoms with Crippen molar-refractivity contribution in [1.82, 2.24) is 0 Å². The number of benzene rings is 2. The van der Waals surface area contributed by atoms with Crippen LogP contribution in [-0.4, -0.2) is 5.11 Å². The molecule has 0 aromatic heterocycles. The van der Waals surface area contributed by atoms with Crippen molar-refractivity contribution in [1.29, 1.82) is 0 Å². The Balaban J connectivity index is 2.19. The van der Waals surface area contributed by atoms with Gasteiger partial charge in [0, 0.05) is 10.7 Å². The molecule has 122 valence electrons. The van der Waals surface area contributed by atoms with Gasteiger partial charge in [0.05, 0.1) is 11.3 Å². The summed E-state index contributed by atoms with van der Waals surface area (Å²) in [6.07, 6.45) is -4.57. The average molecular weight is 363 g/mol. The van der Waals surface area contributed by atoms with Gasteiger partial charge in [0.2, 0.25) is 0 Å². The fourth-order valence-corrected chi connectivity index (χ4v) is 2.21. The number of anilines is 2. The molecule has 8 heteroatoms. The maximum absolute atomic E-state index is 13.7. The predicted molar refractivity (Wildman–Crippen MR) is 87.4 cm³/mol. The highest BCUT2D eigenvalue weighted by Crippen LogP contribution is 2.32. The zero-order chi connectivity index (χ0) is 17.2. The van der Waals surface area contributed by atoms with Crippen LogP contribution in [0.25, 0.3) is 0 Å². The largest absolute Gasteiger partial charge is 0.416 e. The number of rotatable bonds is 2. The lowest BCUT2D eigenvalue weighted by molar-refractivity contribution is -0.137. The zero-order valence-electron chi connectivity index (χ0n) is 11.8. The van der Waals surface area contributed by atoms with E-state index >= 15 is 0 Å². The lowest BCUT2D eigenvalue weighted by atomic mass is 10.2. The van der Waals surface area contributed by atoms with Gasteiger partial charge < -0.3 is 10.6 Å². The number of alkyl halides is 3. The summed E-state index contributed by atoms with van der Waals surface area (Å²) in [4.78, 5) is 0. The number of thiocarbonyl (C=S) groups is 1. The van der Waals surface area contributed by atoms with Crippen LogP contribution in [0.15, 0.2) is 36.4 Å². The second-order valence-electron chi connectivity index (χ2n) is 4.68. The molecule has 2 nitrogen and oxygen atoms in total. The van der Waals surface area contributed by atoms with E-state index in [0.717, 1.165) is 6.07 Å². The van der Waals surface area contributed by atoms with Crippen LogP contribution in [0.2, 0.25) is 5.02 Å². The highest BCUT2D eigenvalue weighted by Gasteiger charge is 2.31. The van der Waals surface area contributed by atoms with E-state index in [1.54, 1.807) is 25.1 Å². The summed E-state index contributed by atoms with van der Waals surface area (Å²) in [6, 6.07) is 7.12. The van der Waals surface area contributed by atoms with Crippen LogP contribution >= 0.6 is 23.8 Å². The van der Waals surface area contributed by atoms with Crippen molar-refractivity contribution in [2.24, 2.45) is 0 Å². The molecular formula is C15H11ClF4N2S. The van der Waals surface area contributed by atoms with Gasteiger partial charge in [0.15, 0.2) is 5.11 Å². The molecule has 0 heterocycles. The molecule has 0 radical (unpaired) electrons. The normalized spacial score (nSPS) is 11.2. The minimum atomic E-state index is -4.57. The third-order valence-corrected chi connectivity index (χ3v) is 3.67. The van der Waals surface area contributed by atoms with E-state index in [9.17, 15) is 17.6 Å². The third kappa shape index (κ3) is 4.33. The fraction of sp³-hybridized carbons (Fsp3) is 0.133. The summed E-state index contributed by atoms with van der Waals surface area (Å²) in [5.41, 5.74) is -0.0506. The van der Waals surface area contributed by atoms with Gasteiger partial charge in [-0.2, -0.15) is 13.2 Å². The number of hydrogen-bond donors (Lipinski definition) is 2. The van der Waals surface area contributed by atoms with Crippen LogP contribution in [0.3, 0.4) is 0 Å². The first-order valence-corrected chi connectivity index (χ1v) is 7.17. The Morgan fingerprint density at radius 3 is 2.39 bits per heavy atom. The monoisotopic (exact) mass is 362 g/mol. The van der Waals surface area contributed by atoms with E-state index < -0.39 is 17.6 Å². The molecule has 0 spiro atoms. The van der Waals surface area contributed by atoms with Crippen molar-refractivity contribution < 1.29 is 17.6 Å². The Morgan fingerprint density at radius 2 is 1.74 bits per heavy atom. The quantitative estimate of drug-likeness (QED) is 0.536. The molecule has 0 unspecified atom stereocenters. The molecule has 0 aliphatic rings. The smallest absolute Gasteiger partial charge is 0.332 e.